The van der Waals surface area contributed by atoms with Crippen LogP contribution in [0.25, 0.3) is 11.4 Å². The number of benzene rings is 2. The first-order chi connectivity index (χ1) is 15.4. The Morgan fingerprint density at radius 2 is 1.97 bits per heavy atom. The number of nitrogens with one attached hydrogen (secondary N) is 1. The molecule has 3 aromatic rings. The van der Waals surface area contributed by atoms with E-state index in [-0.39, 0.29) is 11.5 Å². The first-order valence-electron chi connectivity index (χ1n) is 10.4. The van der Waals surface area contributed by atoms with E-state index in [0.717, 1.165) is 43.6 Å². The molecule has 1 aliphatic heterocycles. The van der Waals surface area contributed by atoms with Gasteiger partial charge in [-0.25, -0.2) is 0 Å². The summed E-state index contributed by atoms with van der Waals surface area (Å²) in [7, 11) is 0. The van der Waals surface area contributed by atoms with Gasteiger partial charge < -0.3 is 9.84 Å². The Balaban J connectivity index is 1.30. The molecule has 1 unspecified atom stereocenters. The molecule has 1 N–H and O–H groups in total. The number of nitrogens with zero attached hydrogens (tertiary/aromatic N) is 3. The summed E-state index contributed by atoms with van der Waals surface area (Å²) in [5.41, 5.74) is 0.0616. The summed E-state index contributed by atoms with van der Waals surface area (Å²) in [4.78, 5) is 19.0. The molecule has 2 heterocycles. The average molecular weight is 444 g/mol. The van der Waals surface area contributed by atoms with Gasteiger partial charge >= 0.3 is 6.18 Å². The van der Waals surface area contributed by atoms with Crippen LogP contribution < -0.4 is 5.32 Å². The number of aromatic nitrogens is 2. The summed E-state index contributed by atoms with van der Waals surface area (Å²) < 4.78 is 44.0. The van der Waals surface area contributed by atoms with Gasteiger partial charge in [0.05, 0.1) is 12.1 Å². The molecule has 4 rings (SSSR count). The molecule has 1 aliphatic rings. The van der Waals surface area contributed by atoms with Crippen LogP contribution in [0, 0.1) is 5.92 Å². The lowest BCUT2D eigenvalue weighted by Crippen LogP contribution is -2.40. The molecule has 0 saturated carbocycles. The quantitative estimate of drug-likeness (QED) is 0.610. The van der Waals surface area contributed by atoms with Crippen LogP contribution in [-0.4, -0.2) is 40.6 Å². The smallest absolute Gasteiger partial charge is 0.352 e. The van der Waals surface area contributed by atoms with Crippen LogP contribution in [0.2, 0.25) is 0 Å². The molecule has 0 aliphatic carbocycles. The zero-order chi connectivity index (χ0) is 22.6. The average Bonchev–Trinajstić information content (AvgIpc) is 3.26. The lowest BCUT2D eigenvalue weighted by Gasteiger charge is -2.31. The first kappa shape index (κ1) is 22.0. The molecule has 0 bridgehead atoms. The Morgan fingerprint density at radius 1 is 1.16 bits per heavy atom. The Kier molecular flexibility index (Phi) is 6.55. The van der Waals surface area contributed by atoms with Crippen molar-refractivity contribution in [3.05, 3.63) is 71.6 Å². The van der Waals surface area contributed by atoms with Crippen molar-refractivity contribution in [1.82, 2.24) is 20.4 Å². The standard InChI is InChI=1S/C23H23F3N4O2/c24-23(25,26)19-10-4-9-18(12-19)22(31)27-13-16-6-5-11-30(14-16)15-20-28-21(29-32-20)17-7-2-1-3-8-17/h1-4,7-10,12,16H,5-6,11,13-15H2,(H,27,31). The van der Waals surface area contributed by atoms with Crippen molar-refractivity contribution in [1.29, 1.82) is 0 Å². The van der Waals surface area contributed by atoms with Crippen LogP contribution in [-0.2, 0) is 12.7 Å². The van der Waals surface area contributed by atoms with Crippen LogP contribution in [0.3, 0.4) is 0 Å². The Labute approximate surface area is 183 Å². The molecule has 0 spiro atoms. The van der Waals surface area contributed by atoms with Gasteiger partial charge in [0.2, 0.25) is 11.7 Å². The summed E-state index contributed by atoms with van der Waals surface area (Å²) in [6, 6.07) is 14.0. The number of carbonyl (C=O) groups excluding carboxylic acids is 1. The predicted octanol–water partition coefficient (Wildman–Crippen LogP) is 4.40. The van der Waals surface area contributed by atoms with Gasteiger partial charge in [0, 0.05) is 24.2 Å². The van der Waals surface area contributed by atoms with Crippen LogP contribution in [0.15, 0.2) is 59.1 Å². The third-order valence-corrected chi connectivity index (χ3v) is 5.47. The van der Waals surface area contributed by atoms with Crippen molar-refractivity contribution in [2.24, 2.45) is 5.92 Å². The maximum Gasteiger partial charge on any atom is 0.416 e. The highest BCUT2D eigenvalue weighted by Gasteiger charge is 2.31. The van der Waals surface area contributed by atoms with Crippen molar-refractivity contribution in [2.45, 2.75) is 25.6 Å². The molecule has 1 fully saturated rings. The predicted molar refractivity (Wildman–Crippen MR) is 112 cm³/mol. The Bertz CT molecular complexity index is 1050. The van der Waals surface area contributed by atoms with Crippen LogP contribution in [0.1, 0.15) is 34.7 Å². The van der Waals surface area contributed by atoms with Gasteiger partial charge in [0.1, 0.15) is 0 Å². The minimum atomic E-state index is -4.48. The number of hydrogen-bond donors (Lipinski definition) is 1. The van der Waals surface area contributed by atoms with E-state index in [2.05, 4.69) is 20.4 Å². The zero-order valence-corrected chi connectivity index (χ0v) is 17.3. The number of likely N-dealkylation sites (tertiary alicyclic amines) is 1. The zero-order valence-electron chi connectivity index (χ0n) is 17.3. The van der Waals surface area contributed by atoms with Gasteiger partial charge in [-0.1, -0.05) is 41.6 Å². The number of alkyl halides is 3. The molecule has 6 nitrogen and oxygen atoms in total. The Morgan fingerprint density at radius 3 is 2.75 bits per heavy atom. The second kappa shape index (κ2) is 9.52. The van der Waals surface area contributed by atoms with Gasteiger partial charge in [0.15, 0.2) is 0 Å². The molecule has 2 aromatic carbocycles. The normalized spacial score (nSPS) is 17.3. The summed E-state index contributed by atoms with van der Waals surface area (Å²) in [6.07, 6.45) is -2.60. The van der Waals surface area contributed by atoms with E-state index in [1.165, 1.54) is 12.1 Å². The number of rotatable bonds is 6. The molecule has 1 saturated heterocycles. The molecule has 1 amide bonds. The van der Waals surface area contributed by atoms with Crippen molar-refractivity contribution in [3.8, 4) is 11.4 Å². The number of carbonyl (C=O) groups is 1. The number of halogens is 3. The number of piperidine rings is 1. The van der Waals surface area contributed by atoms with Gasteiger partial charge in [-0.05, 0) is 43.5 Å². The second-order valence-electron chi connectivity index (χ2n) is 7.91. The van der Waals surface area contributed by atoms with Gasteiger partial charge in [-0.3, -0.25) is 9.69 Å². The second-order valence-corrected chi connectivity index (χ2v) is 7.91. The summed E-state index contributed by atoms with van der Waals surface area (Å²) >= 11 is 0. The topological polar surface area (TPSA) is 71.3 Å². The summed E-state index contributed by atoms with van der Waals surface area (Å²) in [5, 5.41) is 6.81. The summed E-state index contributed by atoms with van der Waals surface area (Å²) in [5.74, 6) is 0.757. The maximum atomic E-state index is 12.9. The lowest BCUT2D eigenvalue weighted by molar-refractivity contribution is -0.137. The molecule has 32 heavy (non-hydrogen) atoms. The molecule has 0 radical (unpaired) electrons. The third-order valence-electron chi connectivity index (χ3n) is 5.47. The largest absolute Gasteiger partial charge is 0.416 e. The van der Waals surface area contributed by atoms with E-state index in [1.54, 1.807) is 0 Å². The molecule has 168 valence electrons. The van der Waals surface area contributed by atoms with Crippen LogP contribution >= 0.6 is 0 Å². The van der Waals surface area contributed by atoms with Crippen LogP contribution in [0.5, 0.6) is 0 Å². The van der Waals surface area contributed by atoms with Crippen LogP contribution in [0.4, 0.5) is 13.2 Å². The van der Waals surface area contributed by atoms with Crippen molar-refractivity contribution >= 4 is 5.91 Å². The summed E-state index contributed by atoms with van der Waals surface area (Å²) in [6.45, 7) is 2.51. The fourth-order valence-corrected chi connectivity index (χ4v) is 3.85. The molecule has 1 atom stereocenters. The van der Waals surface area contributed by atoms with E-state index < -0.39 is 17.6 Å². The highest BCUT2D eigenvalue weighted by molar-refractivity contribution is 5.94. The molecular weight excluding hydrogens is 421 g/mol. The lowest BCUT2D eigenvalue weighted by atomic mass is 9.98. The highest BCUT2D eigenvalue weighted by Crippen LogP contribution is 2.29. The van der Waals surface area contributed by atoms with E-state index in [0.29, 0.717) is 24.8 Å². The van der Waals surface area contributed by atoms with Crippen molar-refractivity contribution in [2.75, 3.05) is 19.6 Å². The fourth-order valence-electron chi connectivity index (χ4n) is 3.85. The van der Waals surface area contributed by atoms with E-state index in [4.69, 9.17) is 4.52 Å². The number of amides is 1. The van der Waals surface area contributed by atoms with Gasteiger partial charge in [0.25, 0.3) is 5.91 Å². The minimum absolute atomic E-state index is 0.00629. The van der Waals surface area contributed by atoms with E-state index in [1.807, 2.05) is 30.3 Å². The van der Waals surface area contributed by atoms with Crippen molar-refractivity contribution in [3.63, 3.8) is 0 Å². The van der Waals surface area contributed by atoms with Gasteiger partial charge in [-0.15, -0.1) is 0 Å². The highest BCUT2D eigenvalue weighted by atomic mass is 19.4. The molecule has 1 aromatic heterocycles. The third kappa shape index (κ3) is 5.53. The first-order valence-corrected chi connectivity index (χ1v) is 10.4. The fraction of sp³-hybridized carbons (Fsp3) is 0.348. The van der Waals surface area contributed by atoms with Gasteiger partial charge in [-0.2, -0.15) is 18.2 Å². The molecular formula is C23H23F3N4O2. The monoisotopic (exact) mass is 444 g/mol. The maximum absolute atomic E-state index is 12.9. The molecule has 9 heteroatoms. The SMILES string of the molecule is O=C(NCC1CCCN(Cc2nc(-c3ccccc3)no2)C1)c1cccc(C(F)(F)F)c1. The number of hydrogen-bond acceptors (Lipinski definition) is 5. The Hall–Kier alpha value is -3.20. The van der Waals surface area contributed by atoms with E-state index >= 15 is 0 Å². The van der Waals surface area contributed by atoms with E-state index in [9.17, 15) is 18.0 Å². The van der Waals surface area contributed by atoms with Crippen molar-refractivity contribution < 1.29 is 22.5 Å². The minimum Gasteiger partial charge on any atom is -0.352 e.